The maximum absolute atomic E-state index is 10.7. The number of anilines is 2. The highest BCUT2D eigenvalue weighted by Crippen LogP contribution is 2.21. The van der Waals surface area contributed by atoms with E-state index in [1.54, 1.807) is 17.5 Å². The predicted molar refractivity (Wildman–Crippen MR) is 73.8 cm³/mol. The Hall–Kier alpha value is -2.08. The van der Waals surface area contributed by atoms with Crippen molar-refractivity contribution in [1.29, 1.82) is 0 Å². The van der Waals surface area contributed by atoms with E-state index >= 15 is 0 Å². The second-order valence-corrected chi connectivity index (χ2v) is 4.71. The van der Waals surface area contributed by atoms with Gasteiger partial charge in [-0.1, -0.05) is 12.1 Å². The summed E-state index contributed by atoms with van der Waals surface area (Å²) in [6, 6.07) is 7.11. The van der Waals surface area contributed by atoms with E-state index < -0.39 is 6.03 Å². The SMILES string of the molecule is CC(Nc1nccs1)c1ccc(NC(N)=O)cc1. The maximum Gasteiger partial charge on any atom is 0.316 e. The second kappa shape index (κ2) is 5.50. The molecule has 0 saturated carbocycles. The fraction of sp³-hybridized carbons (Fsp3) is 0.167. The van der Waals surface area contributed by atoms with Crippen molar-refractivity contribution in [2.45, 2.75) is 13.0 Å². The van der Waals surface area contributed by atoms with Crippen LogP contribution in [-0.4, -0.2) is 11.0 Å². The van der Waals surface area contributed by atoms with Gasteiger partial charge in [-0.15, -0.1) is 11.3 Å². The number of urea groups is 1. The van der Waals surface area contributed by atoms with Crippen LogP contribution in [0.3, 0.4) is 0 Å². The van der Waals surface area contributed by atoms with Crippen LogP contribution in [0.5, 0.6) is 0 Å². The van der Waals surface area contributed by atoms with Gasteiger partial charge in [0.1, 0.15) is 0 Å². The molecule has 4 N–H and O–H groups in total. The number of aromatic nitrogens is 1. The third-order valence-corrected chi connectivity index (χ3v) is 3.15. The van der Waals surface area contributed by atoms with Gasteiger partial charge in [-0.3, -0.25) is 0 Å². The Morgan fingerprint density at radius 3 is 2.67 bits per heavy atom. The van der Waals surface area contributed by atoms with E-state index in [4.69, 9.17) is 5.73 Å². The Morgan fingerprint density at radius 2 is 2.11 bits per heavy atom. The number of rotatable bonds is 4. The highest BCUT2D eigenvalue weighted by Gasteiger charge is 2.06. The number of nitrogens with zero attached hydrogens (tertiary/aromatic N) is 1. The van der Waals surface area contributed by atoms with E-state index in [0.29, 0.717) is 5.69 Å². The van der Waals surface area contributed by atoms with Crippen LogP contribution in [-0.2, 0) is 0 Å². The number of nitrogens with one attached hydrogen (secondary N) is 2. The van der Waals surface area contributed by atoms with Gasteiger partial charge in [0.15, 0.2) is 5.13 Å². The Bertz CT molecular complexity index is 509. The topological polar surface area (TPSA) is 80.0 Å². The molecule has 1 atom stereocenters. The molecule has 0 aliphatic rings. The first-order chi connectivity index (χ1) is 8.65. The summed E-state index contributed by atoms with van der Waals surface area (Å²) in [6.45, 7) is 2.05. The van der Waals surface area contributed by atoms with Gasteiger partial charge in [0, 0.05) is 17.3 Å². The average Bonchev–Trinajstić information content (AvgIpc) is 2.82. The molecule has 1 unspecified atom stereocenters. The Balaban J connectivity index is 2.02. The van der Waals surface area contributed by atoms with Crippen molar-refractivity contribution < 1.29 is 4.79 Å². The highest BCUT2D eigenvalue weighted by molar-refractivity contribution is 7.13. The summed E-state index contributed by atoms with van der Waals surface area (Å²) < 4.78 is 0. The summed E-state index contributed by atoms with van der Waals surface area (Å²) in [5.74, 6) is 0. The molecule has 5 nitrogen and oxygen atoms in total. The average molecular weight is 262 g/mol. The van der Waals surface area contributed by atoms with Gasteiger partial charge in [0.2, 0.25) is 0 Å². The Labute approximate surface area is 109 Å². The van der Waals surface area contributed by atoms with E-state index in [0.717, 1.165) is 10.7 Å². The number of amides is 2. The summed E-state index contributed by atoms with van der Waals surface area (Å²) >= 11 is 1.56. The third kappa shape index (κ3) is 3.21. The van der Waals surface area contributed by atoms with Crippen LogP contribution >= 0.6 is 11.3 Å². The van der Waals surface area contributed by atoms with Gasteiger partial charge in [-0.05, 0) is 24.6 Å². The number of carbonyl (C=O) groups is 1. The highest BCUT2D eigenvalue weighted by atomic mass is 32.1. The molecule has 0 bridgehead atoms. The number of benzene rings is 1. The number of hydrogen-bond donors (Lipinski definition) is 3. The van der Waals surface area contributed by atoms with Crippen molar-refractivity contribution in [1.82, 2.24) is 4.98 Å². The summed E-state index contributed by atoms with van der Waals surface area (Å²) in [7, 11) is 0. The largest absolute Gasteiger partial charge is 0.355 e. The molecule has 6 heteroatoms. The lowest BCUT2D eigenvalue weighted by molar-refractivity contribution is 0.259. The summed E-state index contributed by atoms with van der Waals surface area (Å²) in [6.07, 6.45) is 1.76. The molecule has 94 valence electrons. The maximum atomic E-state index is 10.7. The van der Waals surface area contributed by atoms with E-state index in [1.807, 2.05) is 29.6 Å². The minimum Gasteiger partial charge on any atom is -0.355 e. The van der Waals surface area contributed by atoms with E-state index in [-0.39, 0.29) is 6.04 Å². The Morgan fingerprint density at radius 1 is 1.39 bits per heavy atom. The van der Waals surface area contributed by atoms with E-state index in [1.165, 1.54) is 0 Å². The first kappa shape index (κ1) is 12.4. The van der Waals surface area contributed by atoms with Crippen LogP contribution in [0.25, 0.3) is 0 Å². The number of nitrogens with two attached hydrogens (primary N) is 1. The zero-order chi connectivity index (χ0) is 13.0. The van der Waals surface area contributed by atoms with Crippen LogP contribution < -0.4 is 16.4 Å². The van der Waals surface area contributed by atoms with E-state index in [2.05, 4.69) is 22.5 Å². The zero-order valence-electron chi connectivity index (χ0n) is 9.88. The molecule has 0 radical (unpaired) electrons. The molecule has 2 aromatic rings. The number of primary amides is 1. The lowest BCUT2D eigenvalue weighted by atomic mass is 10.1. The molecular formula is C12H14N4OS. The molecular weight excluding hydrogens is 248 g/mol. The molecule has 0 spiro atoms. The van der Waals surface area contributed by atoms with Crippen LogP contribution in [0.4, 0.5) is 15.6 Å². The summed E-state index contributed by atoms with van der Waals surface area (Å²) in [5.41, 5.74) is 6.84. The van der Waals surface area contributed by atoms with E-state index in [9.17, 15) is 4.79 Å². The van der Waals surface area contributed by atoms with Crippen LogP contribution in [0.1, 0.15) is 18.5 Å². The normalized spacial score (nSPS) is 11.8. The summed E-state index contributed by atoms with van der Waals surface area (Å²) in [4.78, 5) is 14.9. The summed E-state index contributed by atoms with van der Waals surface area (Å²) in [5, 5.41) is 8.63. The van der Waals surface area contributed by atoms with Gasteiger partial charge >= 0.3 is 6.03 Å². The monoisotopic (exact) mass is 262 g/mol. The predicted octanol–water partition coefficient (Wildman–Crippen LogP) is 2.81. The lowest BCUT2D eigenvalue weighted by Gasteiger charge is -2.13. The standard InChI is InChI=1S/C12H14N4OS/c1-8(15-12-14-6-7-18-12)9-2-4-10(5-3-9)16-11(13)17/h2-8H,1H3,(H,14,15)(H3,13,16,17). The van der Waals surface area contributed by atoms with Crippen molar-refractivity contribution >= 4 is 28.2 Å². The zero-order valence-corrected chi connectivity index (χ0v) is 10.7. The van der Waals surface area contributed by atoms with Crippen molar-refractivity contribution in [3.63, 3.8) is 0 Å². The van der Waals surface area contributed by atoms with Crippen molar-refractivity contribution in [3.8, 4) is 0 Å². The molecule has 0 saturated heterocycles. The van der Waals surface area contributed by atoms with Gasteiger partial charge in [0.25, 0.3) is 0 Å². The number of hydrogen-bond acceptors (Lipinski definition) is 4. The Kier molecular flexibility index (Phi) is 3.78. The molecule has 0 aliphatic carbocycles. The number of thiazole rings is 1. The minimum atomic E-state index is -0.559. The third-order valence-electron chi connectivity index (χ3n) is 2.45. The van der Waals surface area contributed by atoms with Crippen LogP contribution in [0, 0.1) is 0 Å². The van der Waals surface area contributed by atoms with Gasteiger partial charge in [-0.25, -0.2) is 9.78 Å². The molecule has 18 heavy (non-hydrogen) atoms. The molecule has 2 rings (SSSR count). The van der Waals surface area contributed by atoms with Gasteiger partial charge in [-0.2, -0.15) is 0 Å². The molecule has 0 fully saturated rings. The molecule has 1 aromatic carbocycles. The van der Waals surface area contributed by atoms with Crippen molar-refractivity contribution in [3.05, 3.63) is 41.4 Å². The second-order valence-electron chi connectivity index (χ2n) is 3.81. The minimum absolute atomic E-state index is 0.152. The molecule has 1 aromatic heterocycles. The fourth-order valence-electron chi connectivity index (χ4n) is 1.56. The molecule has 2 amide bonds. The first-order valence-corrected chi connectivity index (χ1v) is 6.35. The first-order valence-electron chi connectivity index (χ1n) is 5.47. The fourth-order valence-corrected chi connectivity index (χ4v) is 2.18. The lowest BCUT2D eigenvalue weighted by Crippen LogP contribution is -2.19. The van der Waals surface area contributed by atoms with Crippen LogP contribution in [0.2, 0.25) is 0 Å². The quantitative estimate of drug-likeness (QED) is 0.792. The smallest absolute Gasteiger partial charge is 0.316 e. The van der Waals surface area contributed by atoms with Crippen molar-refractivity contribution in [2.75, 3.05) is 10.6 Å². The molecule has 0 aliphatic heterocycles. The van der Waals surface area contributed by atoms with Crippen LogP contribution in [0.15, 0.2) is 35.8 Å². The number of carbonyl (C=O) groups excluding carboxylic acids is 1. The van der Waals surface area contributed by atoms with Gasteiger partial charge in [0.05, 0.1) is 6.04 Å². The molecule has 1 heterocycles. The van der Waals surface area contributed by atoms with Crippen molar-refractivity contribution in [2.24, 2.45) is 5.73 Å². The van der Waals surface area contributed by atoms with Gasteiger partial charge < -0.3 is 16.4 Å².